The average molecular weight is 231 g/mol. The molecule has 0 aliphatic carbocycles. The molecule has 0 bridgehead atoms. The number of halogens is 1. The number of aryl methyl sites for hydroxylation is 2. The molecule has 1 N–H and O–H groups in total. The van der Waals surface area contributed by atoms with E-state index in [2.05, 4.69) is 0 Å². The number of carbonyl (C=O) groups is 1. The Bertz CT molecular complexity index is 363. The molecule has 0 saturated heterocycles. The predicted octanol–water partition coefficient (Wildman–Crippen LogP) is 3.13. The van der Waals surface area contributed by atoms with Gasteiger partial charge in [-0.25, -0.2) is 0 Å². The van der Waals surface area contributed by atoms with Crippen LogP contribution in [0.1, 0.15) is 11.1 Å². The van der Waals surface area contributed by atoms with E-state index in [0.29, 0.717) is 0 Å². The lowest BCUT2D eigenvalue weighted by molar-refractivity contribution is -0.133. The van der Waals surface area contributed by atoms with Gasteiger partial charge in [0.05, 0.1) is 5.75 Å². The first-order valence-corrected chi connectivity index (χ1v) is 5.48. The highest BCUT2D eigenvalue weighted by Gasteiger charge is 2.05. The van der Waals surface area contributed by atoms with E-state index >= 15 is 0 Å². The summed E-state index contributed by atoms with van der Waals surface area (Å²) in [6.07, 6.45) is 0. The van der Waals surface area contributed by atoms with E-state index < -0.39 is 5.97 Å². The van der Waals surface area contributed by atoms with Crippen LogP contribution < -0.4 is 0 Å². The molecule has 0 atom stereocenters. The molecule has 0 aromatic heterocycles. The summed E-state index contributed by atoms with van der Waals surface area (Å²) in [5.74, 6) is -0.718. The van der Waals surface area contributed by atoms with E-state index in [1.165, 1.54) is 11.8 Å². The van der Waals surface area contributed by atoms with Crippen LogP contribution in [0.2, 0.25) is 5.02 Å². The Hall–Kier alpha value is -0.670. The van der Waals surface area contributed by atoms with E-state index in [9.17, 15) is 4.79 Å². The summed E-state index contributed by atoms with van der Waals surface area (Å²) >= 11 is 7.24. The Labute approximate surface area is 92.3 Å². The summed E-state index contributed by atoms with van der Waals surface area (Å²) in [5, 5.41) is 9.27. The van der Waals surface area contributed by atoms with Crippen LogP contribution in [0.25, 0.3) is 0 Å². The van der Waals surface area contributed by atoms with E-state index in [0.717, 1.165) is 21.0 Å². The summed E-state index contributed by atoms with van der Waals surface area (Å²) in [4.78, 5) is 11.4. The van der Waals surface area contributed by atoms with E-state index in [1.807, 2.05) is 26.0 Å². The fourth-order valence-corrected chi connectivity index (χ4v) is 2.09. The molecule has 0 aliphatic heterocycles. The average Bonchev–Trinajstić information content (AvgIpc) is 2.09. The van der Waals surface area contributed by atoms with Gasteiger partial charge in [-0.15, -0.1) is 11.8 Å². The van der Waals surface area contributed by atoms with Crippen molar-refractivity contribution in [3.05, 3.63) is 28.3 Å². The molecule has 1 rings (SSSR count). The largest absolute Gasteiger partial charge is 0.481 e. The summed E-state index contributed by atoms with van der Waals surface area (Å²) in [7, 11) is 0. The lowest BCUT2D eigenvalue weighted by atomic mass is 10.2. The van der Waals surface area contributed by atoms with E-state index in [-0.39, 0.29) is 5.75 Å². The van der Waals surface area contributed by atoms with Crippen LogP contribution in [-0.2, 0) is 4.79 Å². The zero-order valence-electron chi connectivity index (χ0n) is 8.00. The second-order valence-corrected chi connectivity index (χ2v) is 4.47. The van der Waals surface area contributed by atoms with Crippen molar-refractivity contribution in [1.82, 2.24) is 0 Å². The van der Waals surface area contributed by atoms with Gasteiger partial charge in [0, 0.05) is 9.92 Å². The topological polar surface area (TPSA) is 37.3 Å². The standard InChI is InChI=1S/C10H11ClO2S/c1-6-4-9(14-5-10(12)13)7(2)3-8(6)11/h3-4H,5H2,1-2H3,(H,12,13). The number of carboxylic acid groups (broad SMARTS) is 1. The van der Waals surface area contributed by atoms with E-state index in [1.54, 1.807) is 0 Å². The van der Waals surface area contributed by atoms with Gasteiger partial charge in [-0.1, -0.05) is 11.6 Å². The minimum absolute atomic E-state index is 0.0852. The fraction of sp³-hybridized carbons (Fsp3) is 0.300. The Kier molecular flexibility index (Phi) is 3.84. The highest BCUT2D eigenvalue weighted by atomic mass is 35.5. The maximum absolute atomic E-state index is 10.4. The van der Waals surface area contributed by atoms with Crippen molar-refractivity contribution in [3.63, 3.8) is 0 Å². The van der Waals surface area contributed by atoms with Gasteiger partial charge in [0.1, 0.15) is 0 Å². The second kappa shape index (κ2) is 4.71. The molecular weight excluding hydrogens is 220 g/mol. The Balaban J connectivity index is 2.87. The lowest BCUT2D eigenvalue weighted by Crippen LogP contribution is -1.98. The molecule has 0 fully saturated rings. The third-order valence-electron chi connectivity index (χ3n) is 1.81. The first-order chi connectivity index (χ1) is 6.50. The molecule has 76 valence electrons. The molecule has 0 aliphatic rings. The van der Waals surface area contributed by atoms with E-state index in [4.69, 9.17) is 16.7 Å². The van der Waals surface area contributed by atoms with Crippen molar-refractivity contribution >= 4 is 29.3 Å². The Morgan fingerprint density at radius 2 is 2.07 bits per heavy atom. The van der Waals surface area contributed by atoms with Crippen molar-refractivity contribution in [1.29, 1.82) is 0 Å². The van der Waals surface area contributed by atoms with Crippen LogP contribution in [0.3, 0.4) is 0 Å². The van der Waals surface area contributed by atoms with Gasteiger partial charge in [-0.05, 0) is 37.1 Å². The van der Waals surface area contributed by atoms with Crippen LogP contribution in [0.5, 0.6) is 0 Å². The number of benzene rings is 1. The highest BCUT2D eigenvalue weighted by Crippen LogP contribution is 2.27. The molecule has 0 amide bonds. The molecule has 1 aromatic rings. The van der Waals surface area contributed by atoms with Crippen LogP contribution in [0.4, 0.5) is 0 Å². The summed E-state index contributed by atoms with van der Waals surface area (Å²) in [6.45, 7) is 3.84. The summed E-state index contributed by atoms with van der Waals surface area (Å²) in [5.41, 5.74) is 2.00. The maximum atomic E-state index is 10.4. The molecule has 0 saturated carbocycles. The SMILES string of the molecule is Cc1cc(SCC(=O)O)c(C)cc1Cl. The number of rotatable bonds is 3. The van der Waals surface area contributed by atoms with Crippen molar-refractivity contribution in [3.8, 4) is 0 Å². The third-order valence-corrected chi connectivity index (χ3v) is 3.36. The Morgan fingerprint density at radius 1 is 1.43 bits per heavy atom. The minimum Gasteiger partial charge on any atom is -0.481 e. The van der Waals surface area contributed by atoms with Crippen molar-refractivity contribution in [2.45, 2.75) is 18.7 Å². The van der Waals surface area contributed by atoms with Gasteiger partial charge < -0.3 is 5.11 Å². The Morgan fingerprint density at radius 3 is 2.64 bits per heavy atom. The quantitative estimate of drug-likeness (QED) is 0.811. The molecule has 2 nitrogen and oxygen atoms in total. The minimum atomic E-state index is -0.804. The summed E-state index contributed by atoms with van der Waals surface area (Å²) < 4.78 is 0. The molecule has 4 heteroatoms. The molecule has 0 heterocycles. The van der Waals surface area contributed by atoms with Crippen molar-refractivity contribution in [2.24, 2.45) is 0 Å². The highest BCUT2D eigenvalue weighted by molar-refractivity contribution is 8.00. The normalized spacial score (nSPS) is 10.2. The zero-order valence-corrected chi connectivity index (χ0v) is 9.58. The molecule has 0 spiro atoms. The van der Waals surface area contributed by atoms with Crippen molar-refractivity contribution < 1.29 is 9.90 Å². The van der Waals surface area contributed by atoms with Gasteiger partial charge in [0.25, 0.3) is 0 Å². The molecule has 14 heavy (non-hydrogen) atoms. The maximum Gasteiger partial charge on any atom is 0.313 e. The molecule has 1 aromatic carbocycles. The van der Waals surface area contributed by atoms with Gasteiger partial charge in [-0.2, -0.15) is 0 Å². The first kappa shape index (κ1) is 11.4. The van der Waals surface area contributed by atoms with Gasteiger partial charge in [-0.3, -0.25) is 4.79 Å². The predicted molar refractivity (Wildman–Crippen MR) is 59.3 cm³/mol. The number of hydrogen-bond donors (Lipinski definition) is 1. The monoisotopic (exact) mass is 230 g/mol. The summed E-state index contributed by atoms with van der Waals surface area (Å²) in [6, 6.07) is 3.78. The molecular formula is C10H11ClO2S. The molecule has 0 unspecified atom stereocenters. The molecule has 0 radical (unpaired) electrons. The van der Waals surface area contributed by atoms with Crippen LogP contribution in [-0.4, -0.2) is 16.8 Å². The number of hydrogen-bond acceptors (Lipinski definition) is 2. The fourth-order valence-electron chi connectivity index (χ4n) is 1.05. The van der Waals surface area contributed by atoms with Gasteiger partial charge in [0.15, 0.2) is 0 Å². The number of carboxylic acids is 1. The third kappa shape index (κ3) is 2.93. The van der Waals surface area contributed by atoms with Crippen LogP contribution in [0.15, 0.2) is 17.0 Å². The smallest absolute Gasteiger partial charge is 0.313 e. The van der Waals surface area contributed by atoms with Crippen LogP contribution in [0, 0.1) is 13.8 Å². The van der Waals surface area contributed by atoms with Crippen molar-refractivity contribution in [2.75, 3.05) is 5.75 Å². The second-order valence-electron chi connectivity index (χ2n) is 3.05. The van der Waals surface area contributed by atoms with Gasteiger partial charge >= 0.3 is 5.97 Å². The first-order valence-electron chi connectivity index (χ1n) is 4.12. The number of thioether (sulfide) groups is 1. The lowest BCUT2D eigenvalue weighted by Gasteiger charge is -2.06. The van der Waals surface area contributed by atoms with Gasteiger partial charge in [0.2, 0.25) is 0 Å². The number of aliphatic carboxylic acids is 1. The van der Waals surface area contributed by atoms with Crippen LogP contribution >= 0.6 is 23.4 Å². The zero-order chi connectivity index (χ0) is 10.7.